The van der Waals surface area contributed by atoms with Gasteiger partial charge in [-0.2, -0.15) is 0 Å². The summed E-state index contributed by atoms with van der Waals surface area (Å²) in [5.74, 6) is 0.782. The molecule has 0 spiro atoms. The maximum absolute atomic E-state index is 12.4. The van der Waals surface area contributed by atoms with Gasteiger partial charge in [0.05, 0.1) is 5.56 Å². The van der Waals surface area contributed by atoms with E-state index in [9.17, 15) is 4.79 Å². The number of hydrogen-bond donors (Lipinski definition) is 0. The molecule has 2 aliphatic rings. The smallest absolute Gasteiger partial charge is 0.256 e. The monoisotopic (exact) mass is 351 g/mol. The maximum Gasteiger partial charge on any atom is 0.256 e. The minimum absolute atomic E-state index is 0.0572. The van der Waals surface area contributed by atoms with Crippen LogP contribution in [-0.2, 0) is 6.54 Å². The largest absolute Gasteiger partial charge is 0.339 e. The summed E-state index contributed by atoms with van der Waals surface area (Å²) in [5.41, 5.74) is 1.94. The van der Waals surface area contributed by atoms with E-state index in [1.807, 2.05) is 4.90 Å². The molecule has 1 aromatic heterocycles. The molecule has 0 N–H and O–H groups in total. The van der Waals surface area contributed by atoms with Gasteiger partial charge in [-0.15, -0.1) is 0 Å². The van der Waals surface area contributed by atoms with Crippen molar-refractivity contribution in [3.8, 4) is 0 Å². The van der Waals surface area contributed by atoms with Gasteiger partial charge in [0.15, 0.2) is 0 Å². The van der Waals surface area contributed by atoms with Crippen molar-refractivity contribution < 1.29 is 4.79 Å². The van der Waals surface area contributed by atoms with Crippen molar-refractivity contribution in [1.82, 2.24) is 19.8 Å². The van der Waals surface area contributed by atoms with Crippen LogP contribution < -0.4 is 4.90 Å². The fourth-order valence-electron chi connectivity index (χ4n) is 3.65. The Labute approximate surface area is 154 Å². The van der Waals surface area contributed by atoms with E-state index in [0.717, 1.165) is 64.6 Å². The highest BCUT2D eigenvalue weighted by Crippen LogP contribution is 2.15. The number of amides is 1. The molecule has 0 radical (unpaired) electrons. The normalized spacial score (nSPS) is 18.3. The molecule has 2 saturated heterocycles. The molecule has 0 atom stereocenters. The summed E-state index contributed by atoms with van der Waals surface area (Å²) in [6.45, 7) is 6.49. The van der Waals surface area contributed by atoms with Crippen LogP contribution in [0.1, 0.15) is 28.8 Å². The summed E-state index contributed by atoms with van der Waals surface area (Å²) in [6, 6.07) is 10.6. The quantitative estimate of drug-likeness (QED) is 0.844. The average molecular weight is 351 g/mol. The molecule has 2 aromatic rings. The minimum atomic E-state index is 0.0572. The number of piperazine rings is 1. The molecular weight excluding hydrogens is 326 g/mol. The third-order valence-corrected chi connectivity index (χ3v) is 5.18. The highest BCUT2D eigenvalue weighted by molar-refractivity contribution is 5.93. The van der Waals surface area contributed by atoms with Crippen LogP contribution in [-0.4, -0.2) is 64.9 Å². The Bertz CT molecular complexity index is 720. The minimum Gasteiger partial charge on any atom is -0.339 e. The maximum atomic E-state index is 12.4. The molecule has 136 valence electrons. The molecule has 2 aliphatic heterocycles. The first-order valence-electron chi connectivity index (χ1n) is 9.42. The van der Waals surface area contributed by atoms with Crippen molar-refractivity contribution in [1.29, 1.82) is 0 Å². The summed E-state index contributed by atoms with van der Waals surface area (Å²) in [7, 11) is 0. The fourth-order valence-corrected chi connectivity index (χ4v) is 3.65. The van der Waals surface area contributed by atoms with Crippen molar-refractivity contribution in [2.75, 3.05) is 44.2 Å². The van der Waals surface area contributed by atoms with Gasteiger partial charge in [-0.05, 0) is 18.4 Å². The lowest BCUT2D eigenvalue weighted by molar-refractivity contribution is 0.0792. The van der Waals surface area contributed by atoms with Crippen LogP contribution in [0.3, 0.4) is 0 Å². The zero-order chi connectivity index (χ0) is 17.8. The van der Waals surface area contributed by atoms with Gasteiger partial charge in [0.25, 0.3) is 5.91 Å². The average Bonchev–Trinajstić information content (AvgIpc) is 3.24. The highest BCUT2D eigenvalue weighted by Gasteiger charge is 2.22. The molecule has 0 unspecified atom stereocenters. The molecular formula is C20H25N5O. The summed E-state index contributed by atoms with van der Waals surface area (Å²) < 4.78 is 0. The first kappa shape index (κ1) is 17.0. The lowest BCUT2D eigenvalue weighted by Gasteiger charge is -2.34. The SMILES string of the molecule is O=C(c1cnc(N2CCN(Cc3ccccc3)CC2)nc1)N1CCCC1. The predicted octanol–water partition coefficient (Wildman–Crippen LogP) is 2.03. The molecule has 3 heterocycles. The summed E-state index contributed by atoms with van der Waals surface area (Å²) >= 11 is 0. The van der Waals surface area contributed by atoms with Crippen molar-refractivity contribution in [2.24, 2.45) is 0 Å². The van der Waals surface area contributed by atoms with E-state index in [0.29, 0.717) is 5.56 Å². The second kappa shape index (κ2) is 7.83. The summed E-state index contributed by atoms with van der Waals surface area (Å²) in [4.78, 5) is 27.8. The number of aromatic nitrogens is 2. The lowest BCUT2D eigenvalue weighted by atomic mass is 10.2. The third-order valence-electron chi connectivity index (χ3n) is 5.18. The number of anilines is 1. The number of likely N-dealkylation sites (tertiary alicyclic amines) is 1. The third kappa shape index (κ3) is 3.85. The molecule has 0 bridgehead atoms. The molecule has 2 fully saturated rings. The Balaban J connectivity index is 1.32. The second-order valence-electron chi connectivity index (χ2n) is 7.02. The van der Waals surface area contributed by atoms with E-state index in [4.69, 9.17) is 0 Å². The first-order valence-corrected chi connectivity index (χ1v) is 9.42. The molecule has 0 aliphatic carbocycles. The van der Waals surface area contributed by atoms with Gasteiger partial charge in [-0.1, -0.05) is 30.3 Å². The highest BCUT2D eigenvalue weighted by atomic mass is 16.2. The molecule has 26 heavy (non-hydrogen) atoms. The van der Waals surface area contributed by atoms with Crippen molar-refractivity contribution in [2.45, 2.75) is 19.4 Å². The molecule has 1 amide bonds. The molecule has 1 aromatic carbocycles. The number of hydrogen-bond acceptors (Lipinski definition) is 5. The van der Waals surface area contributed by atoms with Crippen LogP contribution in [0.15, 0.2) is 42.7 Å². The molecule has 4 rings (SSSR count). The van der Waals surface area contributed by atoms with Gasteiger partial charge in [0, 0.05) is 58.2 Å². The Morgan fingerprint density at radius 2 is 1.54 bits per heavy atom. The Morgan fingerprint density at radius 1 is 0.885 bits per heavy atom. The van der Waals surface area contributed by atoms with E-state index >= 15 is 0 Å². The van der Waals surface area contributed by atoms with Crippen LogP contribution in [0.5, 0.6) is 0 Å². The van der Waals surface area contributed by atoms with Crippen molar-refractivity contribution >= 4 is 11.9 Å². The number of rotatable bonds is 4. The first-order chi connectivity index (χ1) is 12.8. The van der Waals surface area contributed by atoms with E-state index in [1.54, 1.807) is 12.4 Å². The van der Waals surface area contributed by atoms with E-state index in [2.05, 4.69) is 50.1 Å². The Morgan fingerprint density at radius 3 is 2.19 bits per heavy atom. The van der Waals surface area contributed by atoms with Gasteiger partial charge < -0.3 is 9.80 Å². The standard InChI is InChI=1S/C20H25N5O/c26-19(24-8-4-5-9-24)18-14-21-20(22-15-18)25-12-10-23(11-13-25)16-17-6-2-1-3-7-17/h1-3,6-7,14-15H,4-5,8-13,16H2. The van der Waals surface area contributed by atoms with Crippen LogP contribution in [0.2, 0.25) is 0 Å². The van der Waals surface area contributed by atoms with E-state index in [1.165, 1.54) is 5.56 Å². The molecule has 0 saturated carbocycles. The number of nitrogens with zero attached hydrogens (tertiary/aromatic N) is 5. The number of carbonyl (C=O) groups is 1. The summed E-state index contributed by atoms with van der Waals surface area (Å²) in [6.07, 6.45) is 5.55. The summed E-state index contributed by atoms with van der Waals surface area (Å²) in [5, 5.41) is 0. The Hall–Kier alpha value is -2.47. The zero-order valence-corrected chi connectivity index (χ0v) is 15.0. The van der Waals surface area contributed by atoms with Gasteiger partial charge >= 0.3 is 0 Å². The lowest BCUT2D eigenvalue weighted by Crippen LogP contribution is -2.46. The number of carbonyl (C=O) groups excluding carboxylic acids is 1. The topological polar surface area (TPSA) is 52.6 Å². The van der Waals surface area contributed by atoms with Gasteiger partial charge in [-0.25, -0.2) is 9.97 Å². The van der Waals surface area contributed by atoms with Crippen molar-refractivity contribution in [3.05, 3.63) is 53.9 Å². The van der Waals surface area contributed by atoms with Gasteiger partial charge in [0.2, 0.25) is 5.95 Å². The zero-order valence-electron chi connectivity index (χ0n) is 15.0. The Kier molecular flexibility index (Phi) is 5.11. The number of benzene rings is 1. The van der Waals surface area contributed by atoms with Crippen LogP contribution in [0.4, 0.5) is 5.95 Å². The molecule has 6 nitrogen and oxygen atoms in total. The fraction of sp³-hybridized carbons (Fsp3) is 0.450. The molecule has 6 heteroatoms. The predicted molar refractivity (Wildman–Crippen MR) is 101 cm³/mol. The van der Waals surface area contributed by atoms with Crippen LogP contribution >= 0.6 is 0 Å². The van der Waals surface area contributed by atoms with Gasteiger partial charge in [-0.3, -0.25) is 9.69 Å². The van der Waals surface area contributed by atoms with Crippen molar-refractivity contribution in [3.63, 3.8) is 0 Å². The van der Waals surface area contributed by atoms with E-state index in [-0.39, 0.29) is 5.91 Å². The van der Waals surface area contributed by atoms with Crippen LogP contribution in [0.25, 0.3) is 0 Å². The van der Waals surface area contributed by atoms with Gasteiger partial charge in [0.1, 0.15) is 0 Å². The second-order valence-corrected chi connectivity index (χ2v) is 7.02. The van der Waals surface area contributed by atoms with E-state index < -0.39 is 0 Å². The van der Waals surface area contributed by atoms with Crippen LogP contribution in [0, 0.1) is 0 Å².